The predicted octanol–water partition coefficient (Wildman–Crippen LogP) is 13.8. The van der Waals surface area contributed by atoms with E-state index < -0.39 is 0 Å². The van der Waals surface area contributed by atoms with Gasteiger partial charge in [0.25, 0.3) is 0 Å². The van der Waals surface area contributed by atoms with Crippen LogP contribution in [0.3, 0.4) is 0 Å². The second kappa shape index (κ2) is 12.8. The van der Waals surface area contributed by atoms with Crippen molar-refractivity contribution in [1.29, 1.82) is 0 Å². The highest BCUT2D eigenvalue weighted by atomic mass is 16.3. The van der Waals surface area contributed by atoms with Crippen LogP contribution in [0.25, 0.3) is 116 Å². The summed E-state index contributed by atoms with van der Waals surface area (Å²) in [6.07, 6.45) is 0. The second-order valence-corrected chi connectivity index (χ2v) is 14.8. The van der Waals surface area contributed by atoms with Crippen molar-refractivity contribution in [2.24, 2.45) is 0 Å². The van der Waals surface area contributed by atoms with Crippen LogP contribution in [0, 0.1) is 0 Å². The standard InChI is InChI=1S/C53H32N4O/c1-2-12-36(13-3-1)51-54-52(56-53(55-51)44-18-10-20-48-49(44)43-17-8-9-19-47(43)58-48)37-23-21-33(22-24-37)34-25-28-40(29-26-34)57-46-32-39-15-5-4-14-38(39)31-45(46)42-30-27-35-11-6-7-16-41(35)50(42)57/h1-32H. The normalized spacial score (nSPS) is 11.8. The van der Waals surface area contributed by atoms with Crippen molar-refractivity contribution in [3.63, 3.8) is 0 Å². The quantitative estimate of drug-likeness (QED) is 0.176. The molecule has 0 atom stereocenters. The fraction of sp³-hybridized carbons (Fsp3) is 0. The fourth-order valence-electron chi connectivity index (χ4n) is 8.65. The maximum absolute atomic E-state index is 6.23. The number of rotatable bonds is 5. The summed E-state index contributed by atoms with van der Waals surface area (Å²) >= 11 is 0. The molecule has 0 fully saturated rings. The molecule has 0 aliphatic rings. The van der Waals surface area contributed by atoms with Gasteiger partial charge in [0.2, 0.25) is 0 Å². The van der Waals surface area contributed by atoms with E-state index in [4.69, 9.17) is 19.4 Å². The van der Waals surface area contributed by atoms with Crippen molar-refractivity contribution in [2.45, 2.75) is 0 Å². The molecule has 5 nitrogen and oxygen atoms in total. The van der Waals surface area contributed by atoms with Crippen LogP contribution in [-0.2, 0) is 0 Å². The molecule has 5 heteroatoms. The van der Waals surface area contributed by atoms with Gasteiger partial charge in [-0.15, -0.1) is 0 Å². The molecule has 58 heavy (non-hydrogen) atoms. The Morgan fingerprint density at radius 1 is 0.362 bits per heavy atom. The van der Waals surface area contributed by atoms with E-state index >= 15 is 0 Å². The van der Waals surface area contributed by atoms with Crippen molar-refractivity contribution < 1.29 is 4.42 Å². The Morgan fingerprint density at radius 2 is 0.948 bits per heavy atom. The zero-order valence-corrected chi connectivity index (χ0v) is 31.2. The molecule has 0 radical (unpaired) electrons. The maximum Gasteiger partial charge on any atom is 0.164 e. The molecule has 0 aliphatic carbocycles. The van der Waals surface area contributed by atoms with E-state index in [1.165, 1.54) is 43.4 Å². The molecule has 0 saturated carbocycles. The monoisotopic (exact) mass is 740 g/mol. The number of benzene rings is 9. The van der Waals surface area contributed by atoms with Crippen molar-refractivity contribution in [3.8, 4) is 51.0 Å². The van der Waals surface area contributed by atoms with Crippen LogP contribution in [0.2, 0.25) is 0 Å². The van der Waals surface area contributed by atoms with Crippen LogP contribution in [0.15, 0.2) is 199 Å². The predicted molar refractivity (Wildman–Crippen MR) is 238 cm³/mol. The largest absolute Gasteiger partial charge is 0.456 e. The van der Waals surface area contributed by atoms with Crippen LogP contribution in [0.1, 0.15) is 0 Å². The number of para-hydroxylation sites is 1. The lowest BCUT2D eigenvalue weighted by Gasteiger charge is -2.12. The fourth-order valence-corrected chi connectivity index (χ4v) is 8.65. The number of hydrogen-bond donors (Lipinski definition) is 0. The smallest absolute Gasteiger partial charge is 0.164 e. The van der Waals surface area contributed by atoms with E-state index in [0.29, 0.717) is 17.5 Å². The molecule has 0 amide bonds. The minimum absolute atomic E-state index is 0.603. The molecule has 0 aliphatic heterocycles. The van der Waals surface area contributed by atoms with Gasteiger partial charge in [-0.2, -0.15) is 0 Å². The van der Waals surface area contributed by atoms with Crippen LogP contribution in [0.4, 0.5) is 0 Å². The molecule has 0 unspecified atom stereocenters. The van der Waals surface area contributed by atoms with E-state index in [2.05, 4.69) is 138 Å². The third kappa shape index (κ3) is 5.14. The van der Waals surface area contributed by atoms with E-state index in [0.717, 1.165) is 55.4 Å². The van der Waals surface area contributed by atoms with Gasteiger partial charge in [0, 0.05) is 49.3 Å². The highest BCUT2D eigenvalue weighted by Gasteiger charge is 2.19. The SMILES string of the molecule is c1ccc(-c2nc(-c3ccc(-c4ccc(-n5c6cc7ccccc7cc6c6ccc7ccccc7c65)cc4)cc3)nc(-c3cccc4oc5ccccc5c34)n2)cc1. The first kappa shape index (κ1) is 32.4. The van der Waals surface area contributed by atoms with Gasteiger partial charge < -0.3 is 8.98 Å². The minimum Gasteiger partial charge on any atom is -0.456 e. The number of aromatic nitrogens is 4. The van der Waals surface area contributed by atoms with E-state index in [1.54, 1.807) is 0 Å². The van der Waals surface area contributed by atoms with Gasteiger partial charge in [-0.05, 0) is 63.7 Å². The number of nitrogens with zero attached hydrogens (tertiary/aromatic N) is 4. The number of furan rings is 1. The highest BCUT2D eigenvalue weighted by molar-refractivity contribution is 6.20. The van der Waals surface area contributed by atoms with Gasteiger partial charge >= 0.3 is 0 Å². The molecule has 0 bridgehead atoms. The maximum atomic E-state index is 6.23. The average Bonchev–Trinajstić information content (AvgIpc) is 3.84. The number of hydrogen-bond acceptors (Lipinski definition) is 4. The average molecular weight is 741 g/mol. The van der Waals surface area contributed by atoms with Gasteiger partial charge in [0.15, 0.2) is 17.5 Å². The Bertz CT molecular complexity index is 3550. The second-order valence-electron chi connectivity index (χ2n) is 14.8. The summed E-state index contributed by atoms with van der Waals surface area (Å²) in [6, 6.07) is 68.2. The van der Waals surface area contributed by atoms with E-state index in [-0.39, 0.29) is 0 Å². The topological polar surface area (TPSA) is 56.7 Å². The summed E-state index contributed by atoms with van der Waals surface area (Å²) in [5.41, 5.74) is 10.2. The van der Waals surface area contributed by atoms with Gasteiger partial charge in [0.1, 0.15) is 11.2 Å². The molecular formula is C53H32N4O. The zero-order valence-electron chi connectivity index (χ0n) is 31.2. The van der Waals surface area contributed by atoms with Crippen LogP contribution >= 0.6 is 0 Å². The first-order valence-corrected chi connectivity index (χ1v) is 19.5. The van der Waals surface area contributed by atoms with Gasteiger partial charge in [0.05, 0.1) is 11.0 Å². The summed E-state index contributed by atoms with van der Waals surface area (Å²) in [7, 11) is 0. The van der Waals surface area contributed by atoms with Crippen LogP contribution < -0.4 is 0 Å². The summed E-state index contributed by atoms with van der Waals surface area (Å²) in [5.74, 6) is 1.84. The number of fused-ring (bicyclic) bond motifs is 9. The Kier molecular flexibility index (Phi) is 7.16. The van der Waals surface area contributed by atoms with Gasteiger partial charge in [-0.3, -0.25) is 0 Å². The third-order valence-corrected chi connectivity index (χ3v) is 11.4. The molecule has 12 rings (SSSR count). The van der Waals surface area contributed by atoms with Crippen molar-refractivity contribution in [1.82, 2.24) is 19.5 Å². The van der Waals surface area contributed by atoms with Gasteiger partial charge in [-0.25, -0.2) is 15.0 Å². The lowest BCUT2D eigenvalue weighted by molar-refractivity contribution is 0.669. The molecular weight excluding hydrogens is 709 g/mol. The molecule has 0 N–H and O–H groups in total. The lowest BCUT2D eigenvalue weighted by Crippen LogP contribution is -2.00. The molecule has 12 aromatic rings. The summed E-state index contributed by atoms with van der Waals surface area (Å²) < 4.78 is 8.66. The zero-order chi connectivity index (χ0) is 38.2. The Balaban J connectivity index is 0.952. The first-order valence-electron chi connectivity index (χ1n) is 19.5. The Morgan fingerprint density at radius 3 is 1.72 bits per heavy atom. The summed E-state index contributed by atoms with van der Waals surface area (Å²) in [4.78, 5) is 15.1. The molecule has 9 aromatic carbocycles. The molecule has 3 heterocycles. The molecule has 270 valence electrons. The van der Waals surface area contributed by atoms with Crippen LogP contribution in [0.5, 0.6) is 0 Å². The van der Waals surface area contributed by atoms with E-state index in [1.807, 2.05) is 60.7 Å². The molecule has 0 spiro atoms. The van der Waals surface area contributed by atoms with Gasteiger partial charge in [-0.1, -0.05) is 158 Å². The van der Waals surface area contributed by atoms with Crippen LogP contribution in [-0.4, -0.2) is 19.5 Å². The van der Waals surface area contributed by atoms with E-state index in [9.17, 15) is 0 Å². The Labute approximate surface area is 333 Å². The Hall–Kier alpha value is -7.89. The summed E-state index contributed by atoms with van der Waals surface area (Å²) in [5, 5.41) is 9.49. The van der Waals surface area contributed by atoms with Crippen molar-refractivity contribution in [2.75, 3.05) is 0 Å². The minimum atomic E-state index is 0.603. The van der Waals surface area contributed by atoms with Crippen molar-refractivity contribution >= 4 is 65.3 Å². The summed E-state index contributed by atoms with van der Waals surface area (Å²) in [6.45, 7) is 0. The lowest BCUT2D eigenvalue weighted by atomic mass is 10.0. The van der Waals surface area contributed by atoms with Crippen molar-refractivity contribution in [3.05, 3.63) is 194 Å². The molecule has 3 aromatic heterocycles. The first-order chi connectivity index (χ1) is 28.7. The highest BCUT2D eigenvalue weighted by Crippen LogP contribution is 2.40. The molecule has 0 saturated heterocycles. The third-order valence-electron chi connectivity index (χ3n) is 11.4.